The smallest absolute Gasteiger partial charge is 0.261 e. The summed E-state index contributed by atoms with van der Waals surface area (Å²) in [6, 6.07) is 9.46. The first kappa shape index (κ1) is 14.1. The number of benzene rings is 1. The minimum Gasteiger partial charge on any atom is -0.320 e. The van der Waals surface area contributed by atoms with Crippen molar-refractivity contribution in [3.63, 3.8) is 0 Å². The average molecular weight is 287 g/mol. The average Bonchev–Trinajstić information content (AvgIpc) is 2.46. The van der Waals surface area contributed by atoms with Gasteiger partial charge in [0.15, 0.2) is 0 Å². The van der Waals surface area contributed by atoms with Crippen molar-refractivity contribution in [1.29, 1.82) is 0 Å². The number of sulfonamides is 1. The zero-order valence-corrected chi connectivity index (χ0v) is 11.4. The molecule has 1 aromatic carbocycles. The van der Waals surface area contributed by atoms with Gasteiger partial charge in [-0.25, -0.2) is 8.42 Å². The Bertz CT molecular complexity index is 729. The summed E-state index contributed by atoms with van der Waals surface area (Å²) in [5.74, 6) is 5.54. The monoisotopic (exact) mass is 287 g/mol. The van der Waals surface area contributed by atoms with Crippen LogP contribution in [0, 0.1) is 11.8 Å². The van der Waals surface area contributed by atoms with E-state index >= 15 is 0 Å². The van der Waals surface area contributed by atoms with Crippen LogP contribution in [-0.4, -0.2) is 19.9 Å². The quantitative estimate of drug-likeness (QED) is 0.830. The minimum absolute atomic E-state index is 0.174. The van der Waals surface area contributed by atoms with Gasteiger partial charge in [0.2, 0.25) is 0 Å². The zero-order valence-electron chi connectivity index (χ0n) is 10.6. The van der Waals surface area contributed by atoms with Gasteiger partial charge in [-0.3, -0.25) is 9.71 Å². The summed E-state index contributed by atoms with van der Waals surface area (Å²) < 4.78 is 26.8. The van der Waals surface area contributed by atoms with E-state index in [9.17, 15) is 8.42 Å². The molecule has 0 fully saturated rings. The van der Waals surface area contributed by atoms with Crippen LogP contribution in [0.2, 0.25) is 0 Å². The molecule has 0 spiro atoms. The van der Waals surface area contributed by atoms with Crippen molar-refractivity contribution in [2.75, 3.05) is 11.3 Å². The van der Waals surface area contributed by atoms with E-state index in [0.717, 1.165) is 5.56 Å². The molecule has 5 nitrogen and oxygen atoms in total. The van der Waals surface area contributed by atoms with Crippen LogP contribution in [0.1, 0.15) is 5.56 Å². The van der Waals surface area contributed by atoms with Crippen LogP contribution in [0.25, 0.3) is 0 Å². The Morgan fingerprint density at radius 1 is 1.10 bits per heavy atom. The highest BCUT2D eigenvalue weighted by Gasteiger charge is 2.13. The molecule has 0 saturated heterocycles. The lowest BCUT2D eigenvalue weighted by Crippen LogP contribution is -2.12. The number of nitrogens with two attached hydrogens (primary N) is 1. The SMILES string of the molecule is NCC#Cc1ccc(S(=O)(=O)Nc2ccncc2)cc1. The fraction of sp³-hybridized carbons (Fsp3) is 0.0714. The number of pyridine rings is 1. The van der Waals surface area contributed by atoms with Crippen LogP contribution >= 0.6 is 0 Å². The Kier molecular flexibility index (Phi) is 4.35. The van der Waals surface area contributed by atoms with Crippen LogP contribution in [0.3, 0.4) is 0 Å². The molecule has 1 aromatic heterocycles. The molecule has 20 heavy (non-hydrogen) atoms. The Balaban J connectivity index is 2.22. The molecule has 0 radical (unpaired) electrons. The third kappa shape index (κ3) is 3.57. The van der Waals surface area contributed by atoms with E-state index in [2.05, 4.69) is 21.5 Å². The standard InChI is InChI=1S/C14H13N3O2S/c15-9-1-2-12-3-5-14(6-4-12)20(18,19)17-13-7-10-16-11-8-13/h3-8,10-11H,9,15H2,(H,16,17). The lowest BCUT2D eigenvalue weighted by molar-refractivity contribution is 0.601. The maximum Gasteiger partial charge on any atom is 0.261 e. The summed E-state index contributed by atoms with van der Waals surface area (Å²) in [6.07, 6.45) is 3.03. The zero-order chi connectivity index (χ0) is 14.4. The van der Waals surface area contributed by atoms with Crippen molar-refractivity contribution in [2.24, 2.45) is 5.73 Å². The summed E-state index contributed by atoms with van der Waals surface area (Å²) in [6.45, 7) is 0.268. The number of nitrogens with one attached hydrogen (secondary N) is 1. The maximum atomic E-state index is 12.1. The van der Waals surface area contributed by atoms with Crippen LogP contribution in [0.4, 0.5) is 5.69 Å². The van der Waals surface area contributed by atoms with Crippen LogP contribution in [0.15, 0.2) is 53.7 Å². The first-order chi connectivity index (χ1) is 9.62. The summed E-state index contributed by atoms with van der Waals surface area (Å²) in [5, 5.41) is 0. The summed E-state index contributed by atoms with van der Waals surface area (Å²) >= 11 is 0. The molecule has 0 aliphatic rings. The van der Waals surface area contributed by atoms with E-state index in [1.54, 1.807) is 24.3 Å². The van der Waals surface area contributed by atoms with Gasteiger partial charge in [-0.2, -0.15) is 0 Å². The van der Waals surface area contributed by atoms with E-state index in [1.807, 2.05) is 0 Å². The number of nitrogens with zero attached hydrogens (tertiary/aromatic N) is 1. The van der Waals surface area contributed by atoms with Gasteiger partial charge in [0.25, 0.3) is 10.0 Å². The summed E-state index contributed by atoms with van der Waals surface area (Å²) in [5.41, 5.74) is 6.46. The lowest BCUT2D eigenvalue weighted by atomic mass is 10.2. The Morgan fingerprint density at radius 2 is 1.75 bits per heavy atom. The van der Waals surface area contributed by atoms with Crippen LogP contribution in [0.5, 0.6) is 0 Å². The molecule has 0 aliphatic carbocycles. The normalized spacial score (nSPS) is 10.4. The van der Waals surface area contributed by atoms with Gasteiger partial charge >= 0.3 is 0 Å². The molecular formula is C14H13N3O2S. The topological polar surface area (TPSA) is 85.1 Å². The third-order valence-electron chi connectivity index (χ3n) is 2.43. The molecule has 0 amide bonds. The largest absolute Gasteiger partial charge is 0.320 e. The van der Waals surface area contributed by atoms with Crippen LogP contribution in [-0.2, 0) is 10.0 Å². The predicted octanol–water partition coefficient (Wildman–Crippen LogP) is 1.19. The van der Waals surface area contributed by atoms with Crippen molar-refractivity contribution in [3.8, 4) is 11.8 Å². The molecule has 3 N–H and O–H groups in total. The number of hydrogen-bond donors (Lipinski definition) is 2. The molecule has 6 heteroatoms. The van der Waals surface area contributed by atoms with E-state index in [4.69, 9.17) is 5.73 Å². The molecule has 2 aromatic rings. The number of anilines is 1. The first-order valence-electron chi connectivity index (χ1n) is 5.84. The maximum absolute atomic E-state index is 12.1. The van der Waals surface area contributed by atoms with E-state index < -0.39 is 10.0 Å². The second kappa shape index (κ2) is 6.19. The van der Waals surface area contributed by atoms with Gasteiger partial charge in [0.1, 0.15) is 0 Å². The molecular weight excluding hydrogens is 274 g/mol. The fourth-order valence-electron chi connectivity index (χ4n) is 1.50. The highest BCUT2D eigenvalue weighted by Crippen LogP contribution is 2.15. The summed E-state index contributed by atoms with van der Waals surface area (Å²) in [4.78, 5) is 4.00. The Labute approximate surface area is 117 Å². The van der Waals surface area contributed by atoms with Crippen molar-refractivity contribution < 1.29 is 8.42 Å². The Morgan fingerprint density at radius 3 is 2.35 bits per heavy atom. The molecule has 0 saturated carbocycles. The van der Waals surface area contributed by atoms with E-state index in [-0.39, 0.29) is 11.4 Å². The minimum atomic E-state index is -3.60. The molecule has 0 aliphatic heterocycles. The summed E-state index contributed by atoms with van der Waals surface area (Å²) in [7, 11) is -3.60. The number of aromatic nitrogens is 1. The third-order valence-corrected chi connectivity index (χ3v) is 3.83. The highest BCUT2D eigenvalue weighted by atomic mass is 32.2. The van der Waals surface area contributed by atoms with E-state index in [1.165, 1.54) is 24.5 Å². The molecule has 0 atom stereocenters. The van der Waals surface area contributed by atoms with Gasteiger partial charge in [0.05, 0.1) is 17.1 Å². The predicted molar refractivity (Wildman–Crippen MR) is 77.4 cm³/mol. The number of rotatable bonds is 3. The highest BCUT2D eigenvalue weighted by molar-refractivity contribution is 7.92. The molecule has 102 valence electrons. The van der Waals surface area contributed by atoms with Gasteiger partial charge in [-0.05, 0) is 36.4 Å². The van der Waals surface area contributed by atoms with Crippen molar-refractivity contribution >= 4 is 15.7 Å². The fourth-order valence-corrected chi connectivity index (χ4v) is 2.56. The molecule has 0 bridgehead atoms. The van der Waals surface area contributed by atoms with Gasteiger partial charge in [0, 0.05) is 18.0 Å². The second-order valence-electron chi connectivity index (χ2n) is 3.87. The van der Waals surface area contributed by atoms with Crippen LogP contribution < -0.4 is 10.5 Å². The van der Waals surface area contributed by atoms with Gasteiger partial charge in [-0.1, -0.05) is 11.8 Å². The number of hydrogen-bond acceptors (Lipinski definition) is 4. The molecule has 1 heterocycles. The first-order valence-corrected chi connectivity index (χ1v) is 7.32. The van der Waals surface area contributed by atoms with Crippen molar-refractivity contribution in [2.45, 2.75) is 4.90 Å². The lowest BCUT2D eigenvalue weighted by Gasteiger charge is -2.07. The molecule has 2 rings (SSSR count). The van der Waals surface area contributed by atoms with Crippen molar-refractivity contribution in [3.05, 3.63) is 54.4 Å². The van der Waals surface area contributed by atoms with E-state index in [0.29, 0.717) is 5.69 Å². The van der Waals surface area contributed by atoms with Crippen molar-refractivity contribution in [1.82, 2.24) is 4.98 Å². The van der Waals surface area contributed by atoms with Gasteiger partial charge < -0.3 is 5.73 Å². The molecule has 0 unspecified atom stereocenters. The second-order valence-corrected chi connectivity index (χ2v) is 5.55. The Hall–Kier alpha value is -2.36. The van der Waals surface area contributed by atoms with Gasteiger partial charge in [-0.15, -0.1) is 0 Å².